The van der Waals surface area contributed by atoms with Gasteiger partial charge in [0.15, 0.2) is 11.5 Å². The third kappa shape index (κ3) is 5.56. The average Bonchev–Trinajstić information content (AvgIpc) is 3.53. The minimum atomic E-state index is -0.221. The highest BCUT2D eigenvalue weighted by Gasteiger charge is 2.36. The average molecular weight is 506 g/mol. The van der Waals surface area contributed by atoms with Gasteiger partial charge in [0.05, 0.1) is 24.9 Å². The zero-order valence-electron chi connectivity index (χ0n) is 21.0. The Bertz CT molecular complexity index is 1250. The van der Waals surface area contributed by atoms with Gasteiger partial charge in [0.2, 0.25) is 5.91 Å². The van der Waals surface area contributed by atoms with E-state index in [0.717, 1.165) is 25.2 Å². The van der Waals surface area contributed by atoms with Gasteiger partial charge in [-0.25, -0.2) is 4.68 Å². The van der Waals surface area contributed by atoms with Crippen molar-refractivity contribution in [1.29, 1.82) is 0 Å². The molecule has 2 aliphatic heterocycles. The zero-order valence-corrected chi connectivity index (χ0v) is 21.0. The van der Waals surface area contributed by atoms with Crippen LogP contribution in [0.5, 0.6) is 11.5 Å². The molecule has 2 amide bonds. The fraction of sp³-hybridized carbons (Fsp3) is 0.423. The molecule has 0 spiro atoms. The van der Waals surface area contributed by atoms with Crippen molar-refractivity contribution in [3.63, 3.8) is 0 Å². The molecule has 1 saturated heterocycles. The summed E-state index contributed by atoms with van der Waals surface area (Å²) in [5.41, 5.74) is 2.13. The highest BCUT2D eigenvalue weighted by molar-refractivity contribution is 5.97. The SMILES string of the molecule is COc1cccc2c1OCc1cn(nn1)[C@@H]1CN(Cc3cccnc3)C[C@@H]1CC(=O)NCCN(C)C2=O. The number of rotatable bonds is 3. The number of ether oxygens (including phenoxy) is 2. The first-order valence-corrected chi connectivity index (χ1v) is 12.4. The molecule has 0 saturated carbocycles. The number of aromatic nitrogens is 4. The van der Waals surface area contributed by atoms with Crippen molar-refractivity contribution in [3.8, 4) is 11.5 Å². The first kappa shape index (κ1) is 24.7. The molecule has 3 aromatic rings. The number of hydrogen-bond donors (Lipinski definition) is 1. The third-order valence-corrected chi connectivity index (χ3v) is 6.87. The molecule has 4 heterocycles. The van der Waals surface area contributed by atoms with E-state index in [1.807, 2.05) is 23.1 Å². The van der Waals surface area contributed by atoms with Gasteiger partial charge in [-0.15, -0.1) is 5.10 Å². The Morgan fingerprint density at radius 2 is 2.08 bits per heavy atom. The summed E-state index contributed by atoms with van der Waals surface area (Å²) in [4.78, 5) is 34.2. The molecule has 0 unspecified atom stereocenters. The molecule has 5 rings (SSSR count). The van der Waals surface area contributed by atoms with E-state index < -0.39 is 0 Å². The zero-order chi connectivity index (χ0) is 25.8. The van der Waals surface area contributed by atoms with Gasteiger partial charge in [-0.05, 0) is 23.8 Å². The van der Waals surface area contributed by atoms with Crippen LogP contribution in [0.1, 0.15) is 34.1 Å². The van der Waals surface area contributed by atoms with Crippen LogP contribution in [0.15, 0.2) is 48.9 Å². The normalized spacial score (nSPS) is 21.1. The van der Waals surface area contributed by atoms with Crippen LogP contribution in [0.25, 0.3) is 0 Å². The molecule has 0 aliphatic carbocycles. The van der Waals surface area contributed by atoms with Gasteiger partial charge in [0.25, 0.3) is 5.91 Å². The predicted octanol–water partition coefficient (Wildman–Crippen LogP) is 1.53. The van der Waals surface area contributed by atoms with Gasteiger partial charge >= 0.3 is 0 Å². The van der Waals surface area contributed by atoms with Gasteiger partial charge in [-0.2, -0.15) is 0 Å². The monoisotopic (exact) mass is 505 g/mol. The number of para-hydroxylation sites is 1. The Labute approximate surface area is 215 Å². The van der Waals surface area contributed by atoms with E-state index >= 15 is 0 Å². The third-order valence-electron chi connectivity index (χ3n) is 6.87. The molecule has 11 nitrogen and oxygen atoms in total. The molecule has 2 atom stereocenters. The molecule has 1 fully saturated rings. The summed E-state index contributed by atoms with van der Waals surface area (Å²) in [6.45, 7) is 3.08. The lowest BCUT2D eigenvalue weighted by atomic mass is 9.99. The van der Waals surface area contributed by atoms with Gasteiger partial charge in [-0.3, -0.25) is 19.5 Å². The van der Waals surface area contributed by atoms with Crippen LogP contribution < -0.4 is 14.8 Å². The number of fused-ring (bicyclic) bond motifs is 5. The Hall–Kier alpha value is -3.99. The second kappa shape index (κ2) is 11.0. The Morgan fingerprint density at radius 3 is 2.89 bits per heavy atom. The van der Waals surface area contributed by atoms with Crippen LogP contribution in [0.2, 0.25) is 0 Å². The van der Waals surface area contributed by atoms with E-state index in [0.29, 0.717) is 42.3 Å². The number of benzene rings is 1. The van der Waals surface area contributed by atoms with Crippen molar-refractivity contribution < 1.29 is 19.1 Å². The smallest absolute Gasteiger partial charge is 0.257 e. The quantitative estimate of drug-likeness (QED) is 0.570. The number of carbonyl (C=O) groups is 2. The van der Waals surface area contributed by atoms with Crippen molar-refractivity contribution in [3.05, 3.63) is 65.7 Å². The Morgan fingerprint density at radius 1 is 1.19 bits per heavy atom. The molecule has 2 aromatic heterocycles. The van der Waals surface area contributed by atoms with E-state index in [9.17, 15) is 9.59 Å². The van der Waals surface area contributed by atoms with Crippen LogP contribution in [0.3, 0.4) is 0 Å². The number of methoxy groups -OCH3 is 1. The number of likely N-dealkylation sites (N-methyl/N-ethyl adjacent to an activating group) is 1. The fourth-order valence-corrected chi connectivity index (χ4v) is 4.98. The van der Waals surface area contributed by atoms with Gasteiger partial charge in [0, 0.05) is 64.5 Å². The molecule has 11 heteroatoms. The lowest BCUT2D eigenvalue weighted by Crippen LogP contribution is -2.37. The van der Waals surface area contributed by atoms with Crippen LogP contribution >= 0.6 is 0 Å². The topological polar surface area (TPSA) is 115 Å². The predicted molar refractivity (Wildman–Crippen MR) is 134 cm³/mol. The summed E-state index contributed by atoms with van der Waals surface area (Å²) < 4.78 is 13.4. The van der Waals surface area contributed by atoms with Crippen molar-refractivity contribution in [2.45, 2.75) is 25.6 Å². The van der Waals surface area contributed by atoms with Gasteiger partial charge < -0.3 is 19.7 Å². The maximum absolute atomic E-state index is 13.2. The molecule has 1 N–H and O–H groups in total. The molecule has 37 heavy (non-hydrogen) atoms. The second-order valence-corrected chi connectivity index (χ2v) is 9.48. The van der Waals surface area contributed by atoms with Crippen LogP contribution in [0, 0.1) is 5.92 Å². The summed E-state index contributed by atoms with van der Waals surface area (Å²) in [5.74, 6) is 0.606. The summed E-state index contributed by atoms with van der Waals surface area (Å²) in [5, 5.41) is 11.7. The van der Waals surface area contributed by atoms with Crippen LogP contribution in [-0.4, -0.2) is 81.9 Å². The fourth-order valence-electron chi connectivity index (χ4n) is 4.98. The first-order chi connectivity index (χ1) is 18.0. The maximum atomic E-state index is 13.2. The van der Waals surface area contributed by atoms with Crippen molar-refractivity contribution in [2.75, 3.05) is 40.3 Å². The van der Waals surface area contributed by atoms with Crippen LogP contribution in [0.4, 0.5) is 0 Å². The number of nitrogens with zero attached hydrogens (tertiary/aromatic N) is 6. The summed E-state index contributed by atoms with van der Waals surface area (Å²) >= 11 is 0. The first-order valence-electron chi connectivity index (χ1n) is 12.4. The lowest BCUT2D eigenvalue weighted by molar-refractivity contribution is -0.122. The Balaban J connectivity index is 1.42. The van der Waals surface area contributed by atoms with Crippen molar-refractivity contribution >= 4 is 11.8 Å². The minimum absolute atomic E-state index is 0.0114. The number of carbonyl (C=O) groups excluding carboxylic acids is 2. The molecular weight excluding hydrogens is 474 g/mol. The standard InChI is InChI=1S/C26H31N7O4/c1-31-10-9-28-24(34)11-19-14-32(13-18-5-4-8-27-12-18)16-22(19)33-15-20(29-30-33)17-37-25-21(26(31)35)6-3-7-23(25)36-2/h3-8,12,15,19,22H,9-11,13-14,16-17H2,1-2H3,(H,28,34)/t19-,22+/m0/s1. The van der Waals surface area contributed by atoms with E-state index in [4.69, 9.17) is 9.47 Å². The summed E-state index contributed by atoms with van der Waals surface area (Å²) in [7, 11) is 3.24. The maximum Gasteiger partial charge on any atom is 0.257 e. The van der Waals surface area contributed by atoms with Crippen LogP contribution in [-0.2, 0) is 17.9 Å². The summed E-state index contributed by atoms with van der Waals surface area (Å²) in [6.07, 6.45) is 5.85. The number of amides is 2. The number of hydrogen-bond acceptors (Lipinski definition) is 8. The molecule has 1 aromatic carbocycles. The number of pyridine rings is 1. The highest BCUT2D eigenvalue weighted by atomic mass is 16.5. The highest BCUT2D eigenvalue weighted by Crippen LogP contribution is 2.34. The van der Waals surface area contributed by atoms with E-state index in [2.05, 4.69) is 31.6 Å². The van der Waals surface area contributed by atoms with Gasteiger partial charge in [-0.1, -0.05) is 17.3 Å². The molecule has 2 bridgehead atoms. The molecule has 194 valence electrons. The van der Waals surface area contributed by atoms with E-state index in [1.54, 1.807) is 36.3 Å². The molecule has 0 radical (unpaired) electrons. The minimum Gasteiger partial charge on any atom is -0.493 e. The molecule has 2 aliphatic rings. The van der Waals surface area contributed by atoms with E-state index in [1.165, 1.54) is 7.11 Å². The van der Waals surface area contributed by atoms with Gasteiger partial charge in [0.1, 0.15) is 12.3 Å². The van der Waals surface area contributed by atoms with Crippen molar-refractivity contribution in [1.82, 2.24) is 35.1 Å². The summed E-state index contributed by atoms with van der Waals surface area (Å²) in [6, 6.07) is 9.18. The van der Waals surface area contributed by atoms with Crippen molar-refractivity contribution in [2.24, 2.45) is 5.92 Å². The van der Waals surface area contributed by atoms with E-state index in [-0.39, 0.29) is 30.4 Å². The molecular formula is C26H31N7O4. The Kier molecular flexibility index (Phi) is 7.31. The lowest BCUT2D eigenvalue weighted by Gasteiger charge is -2.21. The number of nitrogens with one attached hydrogen (secondary N) is 1. The second-order valence-electron chi connectivity index (χ2n) is 9.48. The largest absolute Gasteiger partial charge is 0.493 e. The number of likely N-dealkylation sites (tertiary alicyclic amines) is 1.